The number of alkyl carbamates (subject to hydrolysis) is 1. The number of ether oxygens (including phenoxy) is 2. The van der Waals surface area contributed by atoms with E-state index in [9.17, 15) is 14.4 Å². The first-order valence-corrected chi connectivity index (χ1v) is 5.95. The smallest absolute Gasteiger partial charge is 0.407 e. The van der Waals surface area contributed by atoms with Crippen LogP contribution in [0.3, 0.4) is 0 Å². The van der Waals surface area contributed by atoms with Gasteiger partial charge < -0.3 is 20.1 Å². The minimum atomic E-state index is -0.683. The molecule has 0 saturated carbocycles. The van der Waals surface area contributed by atoms with Crippen LogP contribution in [0.25, 0.3) is 0 Å². The SMILES string of the molecule is CCOC(=O)c1ccc(NC(=O)CNC(=O)OC)cc1. The predicted molar refractivity (Wildman–Crippen MR) is 71.4 cm³/mol. The Bertz CT molecular complexity index is 484. The number of anilines is 1. The van der Waals surface area contributed by atoms with Crippen LogP contribution in [0.1, 0.15) is 17.3 Å². The molecule has 20 heavy (non-hydrogen) atoms. The highest BCUT2D eigenvalue weighted by Crippen LogP contribution is 2.10. The second-order valence-electron chi connectivity index (χ2n) is 3.69. The number of amides is 2. The lowest BCUT2D eigenvalue weighted by Crippen LogP contribution is -2.32. The Morgan fingerprint density at radius 1 is 1.15 bits per heavy atom. The van der Waals surface area contributed by atoms with Crippen molar-refractivity contribution in [3.8, 4) is 0 Å². The molecule has 0 unspecified atom stereocenters. The zero-order valence-corrected chi connectivity index (χ0v) is 11.3. The van der Waals surface area contributed by atoms with E-state index in [0.29, 0.717) is 17.9 Å². The Balaban J connectivity index is 2.50. The Hall–Kier alpha value is -2.57. The van der Waals surface area contributed by atoms with Gasteiger partial charge in [-0.05, 0) is 31.2 Å². The summed E-state index contributed by atoms with van der Waals surface area (Å²) in [4.78, 5) is 33.7. The van der Waals surface area contributed by atoms with Crippen molar-refractivity contribution in [2.75, 3.05) is 25.6 Å². The van der Waals surface area contributed by atoms with Gasteiger partial charge in [0.25, 0.3) is 0 Å². The molecule has 0 bridgehead atoms. The highest BCUT2D eigenvalue weighted by molar-refractivity contribution is 5.95. The first-order valence-electron chi connectivity index (χ1n) is 5.95. The first kappa shape index (κ1) is 15.5. The second-order valence-corrected chi connectivity index (χ2v) is 3.69. The molecule has 0 fully saturated rings. The van der Waals surface area contributed by atoms with E-state index < -0.39 is 18.0 Å². The molecule has 7 heteroatoms. The van der Waals surface area contributed by atoms with Crippen LogP contribution in [-0.4, -0.2) is 38.2 Å². The van der Waals surface area contributed by atoms with Gasteiger partial charge in [0, 0.05) is 5.69 Å². The van der Waals surface area contributed by atoms with Crippen LogP contribution in [0.2, 0.25) is 0 Å². The largest absolute Gasteiger partial charge is 0.462 e. The van der Waals surface area contributed by atoms with Gasteiger partial charge in [-0.1, -0.05) is 0 Å². The van der Waals surface area contributed by atoms with Crippen molar-refractivity contribution in [3.05, 3.63) is 29.8 Å². The van der Waals surface area contributed by atoms with Crippen LogP contribution in [0.4, 0.5) is 10.5 Å². The van der Waals surface area contributed by atoms with Crippen molar-refractivity contribution in [2.24, 2.45) is 0 Å². The number of carbonyl (C=O) groups excluding carboxylic acids is 3. The summed E-state index contributed by atoms with van der Waals surface area (Å²) in [5, 5.41) is 4.81. The molecule has 0 aliphatic heterocycles. The number of esters is 1. The van der Waals surface area contributed by atoms with E-state index in [0.717, 1.165) is 0 Å². The van der Waals surface area contributed by atoms with Crippen molar-refractivity contribution in [2.45, 2.75) is 6.92 Å². The Kier molecular flexibility index (Phi) is 6.02. The number of benzene rings is 1. The van der Waals surface area contributed by atoms with Crippen molar-refractivity contribution >= 4 is 23.7 Å². The lowest BCUT2D eigenvalue weighted by molar-refractivity contribution is -0.115. The zero-order valence-electron chi connectivity index (χ0n) is 11.3. The van der Waals surface area contributed by atoms with Crippen LogP contribution < -0.4 is 10.6 Å². The minimum Gasteiger partial charge on any atom is -0.462 e. The monoisotopic (exact) mass is 280 g/mol. The molecule has 0 radical (unpaired) electrons. The molecular weight excluding hydrogens is 264 g/mol. The molecule has 0 spiro atoms. The summed E-state index contributed by atoms with van der Waals surface area (Å²) in [6.45, 7) is 1.82. The lowest BCUT2D eigenvalue weighted by atomic mass is 10.2. The molecule has 2 amide bonds. The van der Waals surface area contributed by atoms with Crippen molar-refractivity contribution in [3.63, 3.8) is 0 Å². The van der Waals surface area contributed by atoms with E-state index >= 15 is 0 Å². The molecule has 1 rings (SSSR count). The van der Waals surface area contributed by atoms with Crippen LogP contribution in [0, 0.1) is 0 Å². The van der Waals surface area contributed by atoms with Gasteiger partial charge in [0.05, 0.1) is 19.3 Å². The summed E-state index contributed by atoms with van der Waals surface area (Å²) in [7, 11) is 1.21. The molecule has 7 nitrogen and oxygen atoms in total. The van der Waals surface area contributed by atoms with Gasteiger partial charge in [0.15, 0.2) is 0 Å². The third-order valence-electron chi connectivity index (χ3n) is 2.26. The number of carbonyl (C=O) groups is 3. The maximum Gasteiger partial charge on any atom is 0.407 e. The third-order valence-corrected chi connectivity index (χ3v) is 2.26. The Morgan fingerprint density at radius 2 is 1.80 bits per heavy atom. The van der Waals surface area contributed by atoms with Crippen LogP contribution in [0.5, 0.6) is 0 Å². The molecule has 0 aliphatic rings. The summed E-state index contributed by atoms with van der Waals surface area (Å²) in [5.41, 5.74) is 0.909. The van der Waals surface area contributed by atoms with Crippen LogP contribution in [-0.2, 0) is 14.3 Å². The molecule has 108 valence electrons. The van der Waals surface area contributed by atoms with Gasteiger partial charge in [0.1, 0.15) is 6.54 Å². The van der Waals surface area contributed by atoms with E-state index in [1.807, 2.05) is 0 Å². The summed E-state index contributed by atoms with van der Waals surface area (Å²) in [5.74, 6) is -0.822. The number of methoxy groups -OCH3 is 1. The quantitative estimate of drug-likeness (QED) is 0.789. The van der Waals surface area contributed by atoms with Gasteiger partial charge in [-0.25, -0.2) is 9.59 Å². The molecule has 0 aromatic heterocycles. The number of rotatable bonds is 5. The second kappa shape index (κ2) is 7.78. The highest BCUT2D eigenvalue weighted by atomic mass is 16.5. The number of hydrogen-bond acceptors (Lipinski definition) is 5. The van der Waals surface area contributed by atoms with E-state index in [4.69, 9.17) is 4.74 Å². The Labute approximate surface area is 116 Å². The summed E-state index contributed by atoms with van der Waals surface area (Å²) in [6, 6.07) is 6.23. The molecular formula is C13H16N2O5. The maximum absolute atomic E-state index is 11.5. The fourth-order valence-corrected chi connectivity index (χ4v) is 1.33. The van der Waals surface area contributed by atoms with E-state index in [2.05, 4.69) is 15.4 Å². The van der Waals surface area contributed by atoms with Crippen molar-refractivity contribution in [1.82, 2.24) is 5.32 Å². The van der Waals surface area contributed by atoms with Gasteiger partial charge >= 0.3 is 12.1 Å². The van der Waals surface area contributed by atoms with Crippen molar-refractivity contribution in [1.29, 1.82) is 0 Å². The first-order chi connectivity index (χ1) is 9.56. The fourth-order valence-electron chi connectivity index (χ4n) is 1.33. The summed E-state index contributed by atoms with van der Waals surface area (Å²) >= 11 is 0. The standard InChI is InChI=1S/C13H16N2O5/c1-3-20-12(17)9-4-6-10(7-5-9)15-11(16)8-14-13(18)19-2/h4-7H,3,8H2,1-2H3,(H,14,18)(H,15,16). The van der Waals surface area contributed by atoms with E-state index in [1.54, 1.807) is 31.2 Å². The average Bonchev–Trinajstić information content (AvgIpc) is 2.45. The molecule has 0 saturated heterocycles. The fraction of sp³-hybridized carbons (Fsp3) is 0.308. The zero-order chi connectivity index (χ0) is 15.0. The van der Waals surface area contributed by atoms with Gasteiger partial charge in [-0.3, -0.25) is 4.79 Å². The lowest BCUT2D eigenvalue weighted by Gasteiger charge is -2.07. The number of nitrogens with one attached hydrogen (secondary N) is 2. The van der Waals surface area contributed by atoms with Gasteiger partial charge in [0.2, 0.25) is 5.91 Å². The molecule has 0 heterocycles. The van der Waals surface area contributed by atoms with E-state index in [1.165, 1.54) is 7.11 Å². The topological polar surface area (TPSA) is 93.7 Å². The summed E-state index contributed by atoms with van der Waals surface area (Å²) < 4.78 is 9.17. The third kappa shape index (κ3) is 4.97. The van der Waals surface area contributed by atoms with Crippen molar-refractivity contribution < 1.29 is 23.9 Å². The van der Waals surface area contributed by atoms with Crippen LogP contribution >= 0.6 is 0 Å². The number of hydrogen-bond donors (Lipinski definition) is 2. The molecule has 2 N–H and O–H groups in total. The van der Waals surface area contributed by atoms with Crippen LogP contribution in [0.15, 0.2) is 24.3 Å². The maximum atomic E-state index is 11.5. The van der Waals surface area contributed by atoms with Gasteiger partial charge in [-0.2, -0.15) is 0 Å². The molecule has 1 aromatic carbocycles. The van der Waals surface area contributed by atoms with Gasteiger partial charge in [-0.15, -0.1) is 0 Å². The molecule has 0 aliphatic carbocycles. The molecule has 1 aromatic rings. The summed E-state index contributed by atoms with van der Waals surface area (Å²) in [6.07, 6.45) is -0.683. The minimum absolute atomic E-state index is 0.202. The highest BCUT2D eigenvalue weighted by Gasteiger charge is 2.08. The van der Waals surface area contributed by atoms with E-state index in [-0.39, 0.29) is 6.54 Å². The average molecular weight is 280 g/mol. The Morgan fingerprint density at radius 3 is 2.35 bits per heavy atom. The normalized spacial score (nSPS) is 9.50. The molecule has 0 atom stereocenters. The predicted octanol–water partition coefficient (Wildman–Crippen LogP) is 1.16.